The summed E-state index contributed by atoms with van der Waals surface area (Å²) in [6.45, 7) is 5.89. The van der Waals surface area contributed by atoms with Crippen LogP contribution in [0.25, 0.3) is 0 Å². The second-order valence-corrected chi connectivity index (χ2v) is 13.4. The molecule has 0 bridgehead atoms. The van der Waals surface area contributed by atoms with Crippen molar-refractivity contribution in [3.05, 3.63) is 48.8 Å². The van der Waals surface area contributed by atoms with Crippen LogP contribution in [-0.4, -0.2) is 71.7 Å². The van der Waals surface area contributed by atoms with E-state index in [0.717, 1.165) is 41.7 Å². The van der Waals surface area contributed by atoms with Crippen LogP contribution in [0.2, 0.25) is 0 Å². The lowest BCUT2D eigenvalue weighted by Crippen LogP contribution is -2.32. The van der Waals surface area contributed by atoms with E-state index < -0.39 is 17.8 Å². The molecular weight excluding hydrogens is 625 g/mol. The zero-order valence-electron chi connectivity index (χ0n) is 24.8. The van der Waals surface area contributed by atoms with Gasteiger partial charge in [0, 0.05) is 58.1 Å². The number of hydrogen-bond acceptors (Lipinski definition) is 12. The van der Waals surface area contributed by atoms with Crippen LogP contribution < -0.4 is 11.1 Å². The molecule has 2 aromatic rings. The van der Waals surface area contributed by atoms with E-state index in [4.69, 9.17) is 10.6 Å². The molecule has 0 unspecified atom stereocenters. The van der Waals surface area contributed by atoms with Gasteiger partial charge in [0.1, 0.15) is 10.1 Å². The van der Waals surface area contributed by atoms with Gasteiger partial charge in [0.25, 0.3) is 11.8 Å². The monoisotopic (exact) mass is 666 g/mol. The van der Waals surface area contributed by atoms with Crippen LogP contribution >= 0.6 is 43.2 Å². The lowest BCUT2D eigenvalue weighted by Gasteiger charge is -2.12. The van der Waals surface area contributed by atoms with Gasteiger partial charge in [-0.15, -0.1) is 5.06 Å². The van der Waals surface area contributed by atoms with Gasteiger partial charge < -0.3 is 15.9 Å². The van der Waals surface area contributed by atoms with Crippen LogP contribution in [-0.2, 0) is 24.0 Å². The Kier molecular flexibility index (Phi) is 26.0. The van der Waals surface area contributed by atoms with E-state index in [2.05, 4.69) is 29.1 Å². The SMILES string of the molecule is CCCCN.CCCCNC(=O)CCSSc1ccccn1.O=C(CCSSc1ccccn1)ON1C(=O)CCC1=O.[B]. The molecule has 1 aliphatic heterocycles. The maximum atomic E-state index is 11.5. The highest BCUT2D eigenvalue weighted by molar-refractivity contribution is 8.77. The Balaban J connectivity index is 0.000000702. The molecule has 2 aromatic heterocycles. The Labute approximate surface area is 272 Å². The molecule has 235 valence electrons. The number of carbonyl (C=O) groups is 4. The molecule has 0 saturated carbocycles. The normalized spacial score (nSPS) is 11.8. The predicted octanol–water partition coefficient (Wildman–Crippen LogP) is 5.31. The molecule has 3 radical (unpaired) electrons. The van der Waals surface area contributed by atoms with Crippen molar-refractivity contribution in [2.45, 2.75) is 75.3 Å². The summed E-state index contributed by atoms with van der Waals surface area (Å²) in [5.74, 6) is -0.0248. The number of imide groups is 1. The number of carbonyl (C=O) groups excluding carboxylic acids is 4. The summed E-state index contributed by atoms with van der Waals surface area (Å²) in [6.07, 6.45) is 8.95. The number of rotatable bonds is 16. The second-order valence-electron chi connectivity index (χ2n) is 8.54. The van der Waals surface area contributed by atoms with Crippen LogP contribution in [0.1, 0.15) is 65.2 Å². The Hall–Kier alpha value is -2.20. The summed E-state index contributed by atoms with van der Waals surface area (Å²) >= 11 is 0. The molecule has 0 aromatic carbocycles. The summed E-state index contributed by atoms with van der Waals surface area (Å²) in [5.41, 5.74) is 5.14. The zero-order valence-corrected chi connectivity index (χ0v) is 28.0. The molecule has 3 rings (SSSR count). The summed E-state index contributed by atoms with van der Waals surface area (Å²) in [4.78, 5) is 58.4. The van der Waals surface area contributed by atoms with Gasteiger partial charge in [-0.2, -0.15) is 0 Å². The third-order valence-corrected chi connectivity index (χ3v) is 9.51. The van der Waals surface area contributed by atoms with Crippen LogP contribution in [0.4, 0.5) is 0 Å². The number of pyridine rings is 2. The summed E-state index contributed by atoms with van der Waals surface area (Å²) < 4.78 is 0. The van der Waals surface area contributed by atoms with Gasteiger partial charge in [-0.05, 0) is 65.2 Å². The Bertz CT molecular complexity index is 1030. The predicted molar refractivity (Wildman–Crippen MR) is 179 cm³/mol. The second kappa shape index (κ2) is 27.4. The fourth-order valence-electron chi connectivity index (χ4n) is 2.76. The third-order valence-electron chi connectivity index (χ3n) is 4.98. The minimum absolute atomic E-state index is 0. The number of nitrogens with zero attached hydrogens (tertiary/aromatic N) is 3. The molecule has 1 aliphatic rings. The van der Waals surface area contributed by atoms with Crippen molar-refractivity contribution in [1.29, 1.82) is 0 Å². The van der Waals surface area contributed by atoms with E-state index in [0.29, 0.717) is 17.2 Å². The molecule has 0 spiro atoms. The zero-order chi connectivity index (χ0) is 30.8. The molecule has 0 aliphatic carbocycles. The maximum Gasteiger partial charge on any atom is 0.334 e. The highest BCUT2D eigenvalue weighted by Crippen LogP contribution is 2.30. The average Bonchev–Trinajstić information content (AvgIpc) is 3.32. The number of nitrogens with two attached hydrogens (primary N) is 1. The van der Waals surface area contributed by atoms with Gasteiger partial charge in [-0.25, -0.2) is 14.8 Å². The van der Waals surface area contributed by atoms with Crippen LogP contribution in [0.15, 0.2) is 58.8 Å². The van der Waals surface area contributed by atoms with E-state index in [9.17, 15) is 19.2 Å². The molecule has 0 atom stereocenters. The molecule has 10 nitrogen and oxygen atoms in total. The molecular formula is C28H41BN5O5S4. The van der Waals surface area contributed by atoms with Gasteiger partial charge >= 0.3 is 5.97 Å². The largest absolute Gasteiger partial charge is 0.356 e. The number of amides is 3. The molecule has 3 N–H and O–H groups in total. The first-order valence-corrected chi connectivity index (χ1v) is 18.5. The fourth-order valence-corrected chi connectivity index (χ4v) is 6.48. The van der Waals surface area contributed by atoms with Crippen molar-refractivity contribution >= 4 is 75.3 Å². The van der Waals surface area contributed by atoms with Crippen molar-refractivity contribution in [3.8, 4) is 0 Å². The van der Waals surface area contributed by atoms with Crippen molar-refractivity contribution in [2.75, 3.05) is 24.6 Å². The average molecular weight is 667 g/mol. The van der Waals surface area contributed by atoms with Crippen LogP contribution in [0.3, 0.4) is 0 Å². The van der Waals surface area contributed by atoms with E-state index in [1.807, 2.05) is 36.4 Å². The topological polar surface area (TPSA) is 145 Å². The number of hydrogen-bond donors (Lipinski definition) is 2. The number of aromatic nitrogens is 2. The van der Waals surface area contributed by atoms with E-state index >= 15 is 0 Å². The first-order chi connectivity index (χ1) is 20.4. The molecule has 3 amide bonds. The van der Waals surface area contributed by atoms with Crippen LogP contribution in [0.5, 0.6) is 0 Å². The molecule has 3 heterocycles. The third kappa shape index (κ3) is 21.2. The number of unbranched alkanes of at least 4 members (excludes halogenated alkanes) is 2. The first kappa shape index (κ1) is 40.8. The van der Waals surface area contributed by atoms with Gasteiger partial charge in [0.15, 0.2) is 0 Å². The van der Waals surface area contributed by atoms with E-state index in [1.165, 1.54) is 34.4 Å². The van der Waals surface area contributed by atoms with E-state index in [-0.39, 0.29) is 33.6 Å². The van der Waals surface area contributed by atoms with Gasteiger partial charge in [0.2, 0.25) is 5.91 Å². The summed E-state index contributed by atoms with van der Waals surface area (Å²) in [7, 11) is 6.20. The summed E-state index contributed by atoms with van der Waals surface area (Å²) in [5, 5.41) is 5.32. The first-order valence-electron chi connectivity index (χ1n) is 13.9. The molecule has 1 saturated heterocycles. The fraction of sp³-hybridized carbons (Fsp3) is 0.500. The van der Waals surface area contributed by atoms with Crippen LogP contribution in [0, 0.1) is 0 Å². The lowest BCUT2D eigenvalue weighted by atomic mass is 10.3. The Morgan fingerprint density at radius 3 is 1.86 bits per heavy atom. The summed E-state index contributed by atoms with van der Waals surface area (Å²) in [6, 6.07) is 11.4. The van der Waals surface area contributed by atoms with Crippen molar-refractivity contribution in [1.82, 2.24) is 20.3 Å². The molecule has 15 heteroatoms. The van der Waals surface area contributed by atoms with Crippen molar-refractivity contribution < 1.29 is 24.0 Å². The smallest absolute Gasteiger partial charge is 0.334 e. The van der Waals surface area contributed by atoms with Gasteiger partial charge in [-0.1, -0.05) is 60.4 Å². The van der Waals surface area contributed by atoms with Crippen molar-refractivity contribution in [3.63, 3.8) is 0 Å². The maximum absolute atomic E-state index is 11.5. The highest BCUT2D eigenvalue weighted by atomic mass is 33.1. The highest BCUT2D eigenvalue weighted by Gasteiger charge is 2.32. The lowest BCUT2D eigenvalue weighted by molar-refractivity contribution is -0.197. The minimum Gasteiger partial charge on any atom is -0.356 e. The molecule has 43 heavy (non-hydrogen) atoms. The minimum atomic E-state index is -0.581. The number of hydroxylamine groups is 2. The van der Waals surface area contributed by atoms with E-state index in [1.54, 1.807) is 34.0 Å². The van der Waals surface area contributed by atoms with Crippen molar-refractivity contribution in [2.24, 2.45) is 5.73 Å². The number of nitrogens with one attached hydrogen (secondary N) is 1. The quantitative estimate of drug-likeness (QED) is 0.104. The standard InChI is InChI=1S/C12H12N2O4S2.C12H18N2OS2.C4H11N.B/c15-10-4-5-11(16)14(10)18-12(17)6-8-19-20-9-3-1-2-7-13-9;1-2-3-8-13-11(15)7-10-16-17-12-6-4-5-9-14-12;1-2-3-4-5;/h1-3,7H,4-6,8H2;4-6,9H,2-3,7-8,10H2,1H3,(H,13,15);2-5H2,1H3;. The Morgan fingerprint density at radius 1 is 0.884 bits per heavy atom. The molecule has 1 fully saturated rings. The van der Waals surface area contributed by atoms with Gasteiger partial charge in [-0.3, -0.25) is 14.4 Å². The van der Waals surface area contributed by atoms with Gasteiger partial charge in [0.05, 0.1) is 6.42 Å². The Morgan fingerprint density at radius 2 is 1.42 bits per heavy atom.